The molecule has 0 aromatic heterocycles. The minimum atomic E-state index is -3.08. The maximum absolute atomic E-state index is 13.2. The molecule has 0 radical (unpaired) electrons. The maximum atomic E-state index is 13.2. The minimum Gasteiger partial charge on any atom is -0.395 e. The molecule has 7 heteroatoms. The highest BCUT2D eigenvalue weighted by Crippen LogP contribution is 2.25. The molecule has 0 saturated carbocycles. The van der Waals surface area contributed by atoms with Gasteiger partial charge in [-0.15, -0.1) is 0 Å². The van der Waals surface area contributed by atoms with Crippen LogP contribution in [0.1, 0.15) is 12.8 Å². The number of halogens is 2. The fourth-order valence-electron chi connectivity index (χ4n) is 2.04. The summed E-state index contributed by atoms with van der Waals surface area (Å²) in [7, 11) is -3.08. The van der Waals surface area contributed by atoms with E-state index >= 15 is 0 Å². The Morgan fingerprint density at radius 3 is 2.72 bits per heavy atom. The molecule has 1 fully saturated rings. The topological polar surface area (TPSA) is 72.2 Å². The number of hydrogen-bond donors (Lipinski definition) is 2. The lowest BCUT2D eigenvalue weighted by atomic mass is 10.2. The zero-order chi connectivity index (χ0) is 13.3. The largest absolute Gasteiger partial charge is 0.395 e. The predicted molar refractivity (Wildman–Crippen MR) is 66.1 cm³/mol. The lowest BCUT2D eigenvalue weighted by Crippen LogP contribution is -2.25. The van der Waals surface area contributed by atoms with Crippen molar-refractivity contribution in [2.45, 2.75) is 18.1 Å². The second-order valence-electron chi connectivity index (χ2n) is 4.36. The van der Waals surface area contributed by atoms with Crippen molar-refractivity contribution in [1.82, 2.24) is 0 Å². The molecule has 0 spiro atoms. The number of nitrogens with two attached hydrogens (primary N) is 1. The van der Waals surface area contributed by atoms with Gasteiger partial charge in [0.15, 0.2) is 15.7 Å². The van der Waals surface area contributed by atoms with E-state index in [2.05, 4.69) is 5.32 Å². The molecule has 1 atom stereocenters. The van der Waals surface area contributed by atoms with Crippen molar-refractivity contribution in [1.29, 1.82) is 0 Å². The molecular weight excluding hydrogens is 262 g/mol. The third-order valence-electron chi connectivity index (χ3n) is 3.08. The van der Waals surface area contributed by atoms with E-state index in [1.807, 2.05) is 0 Å². The summed E-state index contributed by atoms with van der Waals surface area (Å²) in [4.78, 5) is 0. The van der Waals surface area contributed by atoms with E-state index in [-0.39, 0.29) is 23.7 Å². The Kier molecular flexibility index (Phi) is 3.43. The van der Waals surface area contributed by atoms with Gasteiger partial charge < -0.3 is 11.1 Å². The van der Waals surface area contributed by atoms with Crippen molar-refractivity contribution in [3.63, 3.8) is 0 Å². The summed E-state index contributed by atoms with van der Waals surface area (Å²) < 4.78 is 49.3. The Bertz CT molecular complexity index is 560. The summed E-state index contributed by atoms with van der Waals surface area (Å²) in [6, 6.07) is 1.74. The van der Waals surface area contributed by atoms with Crippen LogP contribution in [0.5, 0.6) is 0 Å². The van der Waals surface area contributed by atoms with Gasteiger partial charge in [0.25, 0.3) is 0 Å². The van der Waals surface area contributed by atoms with Crippen LogP contribution in [-0.2, 0) is 9.84 Å². The van der Waals surface area contributed by atoms with Gasteiger partial charge in [-0.25, -0.2) is 17.2 Å². The zero-order valence-corrected chi connectivity index (χ0v) is 10.4. The van der Waals surface area contributed by atoms with Crippen LogP contribution < -0.4 is 11.1 Å². The van der Waals surface area contributed by atoms with Crippen LogP contribution in [0.15, 0.2) is 12.1 Å². The Balaban J connectivity index is 2.11. The van der Waals surface area contributed by atoms with Crippen LogP contribution in [0.4, 0.5) is 20.2 Å². The SMILES string of the molecule is Nc1c(F)cc(F)cc1NCC1CCCS1(=O)=O. The molecule has 4 nitrogen and oxygen atoms in total. The summed E-state index contributed by atoms with van der Waals surface area (Å²) in [5.41, 5.74) is 5.34. The summed E-state index contributed by atoms with van der Waals surface area (Å²) in [6.07, 6.45) is 1.19. The molecule has 100 valence electrons. The van der Waals surface area contributed by atoms with Crippen molar-refractivity contribution in [2.24, 2.45) is 0 Å². The van der Waals surface area contributed by atoms with E-state index in [0.29, 0.717) is 18.9 Å². The number of hydrogen-bond acceptors (Lipinski definition) is 4. The van der Waals surface area contributed by atoms with Gasteiger partial charge in [0.2, 0.25) is 0 Å². The van der Waals surface area contributed by atoms with Crippen molar-refractivity contribution in [2.75, 3.05) is 23.3 Å². The molecule has 18 heavy (non-hydrogen) atoms. The molecule has 3 N–H and O–H groups in total. The van der Waals surface area contributed by atoms with Gasteiger partial charge in [-0.3, -0.25) is 0 Å². The van der Waals surface area contributed by atoms with Crippen LogP contribution in [0.25, 0.3) is 0 Å². The van der Waals surface area contributed by atoms with E-state index in [0.717, 1.165) is 6.07 Å². The first-order chi connectivity index (χ1) is 8.40. The predicted octanol–water partition coefficient (Wildman–Crippen LogP) is 1.54. The van der Waals surface area contributed by atoms with Crippen molar-refractivity contribution < 1.29 is 17.2 Å². The summed E-state index contributed by atoms with van der Waals surface area (Å²) in [6.45, 7) is 0.120. The Morgan fingerprint density at radius 1 is 1.39 bits per heavy atom. The minimum absolute atomic E-state index is 0.0922. The third-order valence-corrected chi connectivity index (χ3v) is 5.35. The highest BCUT2D eigenvalue weighted by atomic mass is 32.2. The van der Waals surface area contributed by atoms with Crippen molar-refractivity contribution in [3.05, 3.63) is 23.8 Å². The Morgan fingerprint density at radius 2 is 2.11 bits per heavy atom. The quantitative estimate of drug-likeness (QED) is 0.821. The van der Waals surface area contributed by atoms with E-state index in [1.54, 1.807) is 0 Å². The fourth-order valence-corrected chi connectivity index (χ4v) is 3.81. The summed E-state index contributed by atoms with van der Waals surface area (Å²) >= 11 is 0. The molecule has 1 unspecified atom stereocenters. The molecule has 1 heterocycles. The number of anilines is 2. The van der Waals surface area contributed by atoms with Gasteiger partial charge >= 0.3 is 0 Å². The molecule has 0 bridgehead atoms. The molecule has 1 aliphatic heterocycles. The molecule has 0 aliphatic carbocycles. The van der Waals surface area contributed by atoms with Crippen LogP contribution in [0.2, 0.25) is 0 Å². The number of benzene rings is 1. The van der Waals surface area contributed by atoms with E-state index < -0.39 is 26.7 Å². The van der Waals surface area contributed by atoms with Crippen LogP contribution in [0.3, 0.4) is 0 Å². The van der Waals surface area contributed by atoms with E-state index in [4.69, 9.17) is 5.73 Å². The first-order valence-electron chi connectivity index (χ1n) is 5.60. The van der Waals surface area contributed by atoms with Crippen molar-refractivity contribution in [3.8, 4) is 0 Å². The van der Waals surface area contributed by atoms with Crippen LogP contribution >= 0.6 is 0 Å². The van der Waals surface area contributed by atoms with Gasteiger partial charge in [-0.1, -0.05) is 0 Å². The molecule has 1 aromatic carbocycles. The number of sulfone groups is 1. The maximum Gasteiger partial charge on any atom is 0.154 e. The van der Waals surface area contributed by atoms with Gasteiger partial charge in [-0.05, 0) is 18.9 Å². The highest BCUT2D eigenvalue weighted by molar-refractivity contribution is 7.92. The lowest BCUT2D eigenvalue weighted by Gasteiger charge is -2.14. The molecule has 2 rings (SSSR count). The van der Waals surface area contributed by atoms with Gasteiger partial charge in [0, 0.05) is 12.6 Å². The Hall–Kier alpha value is -1.37. The summed E-state index contributed by atoms with van der Waals surface area (Å²) in [5.74, 6) is -1.43. The number of nitrogens with one attached hydrogen (secondary N) is 1. The average Bonchev–Trinajstić information content (AvgIpc) is 2.61. The molecular formula is C11H14F2N2O2S. The van der Waals surface area contributed by atoms with Crippen molar-refractivity contribution >= 4 is 21.2 Å². The first kappa shape index (κ1) is 13.1. The normalized spacial score (nSPS) is 22.0. The molecule has 1 aliphatic rings. The monoisotopic (exact) mass is 276 g/mol. The van der Waals surface area contributed by atoms with Crippen LogP contribution in [0, 0.1) is 11.6 Å². The second kappa shape index (κ2) is 4.72. The first-order valence-corrected chi connectivity index (χ1v) is 7.31. The Labute approximate surface area is 104 Å². The molecule has 1 aromatic rings. The smallest absolute Gasteiger partial charge is 0.154 e. The standard InChI is InChI=1S/C11H14F2N2O2S/c12-7-4-9(13)11(14)10(5-7)15-6-8-2-1-3-18(8,16)17/h4-5,8,15H,1-3,6,14H2. The third kappa shape index (κ3) is 2.55. The number of rotatable bonds is 3. The van der Waals surface area contributed by atoms with E-state index in [1.165, 1.54) is 0 Å². The highest BCUT2D eigenvalue weighted by Gasteiger charge is 2.31. The van der Waals surface area contributed by atoms with E-state index in [9.17, 15) is 17.2 Å². The second-order valence-corrected chi connectivity index (χ2v) is 6.76. The van der Waals surface area contributed by atoms with Gasteiger partial charge in [-0.2, -0.15) is 0 Å². The van der Waals surface area contributed by atoms with Crippen LogP contribution in [-0.4, -0.2) is 26.0 Å². The molecule has 1 saturated heterocycles. The fraction of sp³-hybridized carbons (Fsp3) is 0.455. The summed E-state index contributed by atoms with van der Waals surface area (Å²) in [5, 5.41) is 2.20. The molecule has 0 amide bonds. The lowest BCUT2D eigenvalue weighted by molar-refractivity contribution is 0.586. The number of nitrogen functional groups attached to an aromatic ring is 1. The average molecular weight is 276 g/mol. The van der Waals surface area contributed by atoms with Gasteiger partial charge in [0.05, 0.1) is 22.4 Å². The van der Waals surface area contributed by atoms with Gasteiger partial charge in [0.1, 0.15) is 5.82 Å². The zero-order valence-electron chi connectivity index (χ0n) is 9.62.